The van der Waals surface area contributed by atoms with E-state index in [4.69, 9.17) is 151 Å². The van der Waals surface area contributed by atoms with Crippen molar-refractivity contribution < 1.29 is 163 Å². The number of carbonyl (C=O) groups is 1. The summed E-state index contributed by atoms with van der Waals surface area (Å²) in [7, 11) is 9.67. The molecule has 104 heavy (non-hydrogen) atoms. The van der Waals surface area contributed by atoms with Crippen LogP contribution in [0.5, 0.6) is 11.5 Å². The molecule has 11 heterocycles. The standard InChI is InChI=1S/C66H99Cl2NO35/c1-25-39(50(81-13)41(68)42(71)40(25)67)58(74)97-46-26(2)89-36(17-33(46)93-37-19-62(8,69(76)77)54(84-16)29(5)90-37)95-45-28(4)100-65(18-32(45)70)103-55-30(6)91-38(20-63(55,9)104-65)96-51-44(73)59(92-27(3)47(51)80-12)98-48-34(21-78-10)94-61(52(82-14)43(48)72)99-60-53(83-15)49-35(22-85-60)101-66(102-49)57-56(86-24-87-57)64(75,23-88-66)31(7)79-11/h26-38,43-49,51-57,59-61,70-73,75H,17-24H2,1-16H3/t26-,27-,28-,29+,30-,31+,32-,33-,34-,35+,36+,37+,38+,43+,44-,45-,46-,47+,48-,49-,51-,52+,53-,54+,55-,56-,57-,59+,60+,61+,62-,63-,64-,65?,66-/m1/s1. The van der Waals surface area contributed by atoms with E-state index in [0.29, 0.717) is 0 Å². The van der Waals surface area contributed by atoms with Crippen molar-refractivity contribution in [3.05, 3.63) is 31.3 Å². The number of aromatic hydroxyl groups is 1. The van der Waals surface area contributed by atoms with E-state index in [1.54, 1.807) is 48.5 Å². The second-order valence-corrected chi connectivity index (χ2v) is 29.5. The fourth-order valence-electron chi connectivity index (χ4n) is 16.6. The van der Waals surface area contributed by atoms with Crippen LogP contribution in [0.4, 0.5) is 0 Å². The maximum atomic E-state index is 14.3. The van der Waals surface area contributed by atoms with Gasteiger partial charge in [0.05, 0.1) is 87.5 Å². The van der Waals surface area contributed by atoms with Gasteiger partial charge in [-0.25, -0.2) is 4.79 Å². The Kier molecular flexibility index (Phi) is 24.6. The van der Waals surface area contributed by atoms with Crippen molar-refractivity contribution in [2.24, 2.45) is 0 Å². The normalized spacial score (nSPS) is 48.3. The molecule has 36 nitrogen and oxygen atoms in total. The van der Waals surface area contributed by atoms with Gasteiger partial charge in [-0.1, -0.05) is 23.2 Å². The third kappa shape index (κ3) is 14.7. The van der Waals surface area contributed by atoms with Gasteiger partial charge in [0.25, 0.3) is 11.5 Å². The van der Waals surface area contributed by atoms with Crippen molar-refractivity contribution in [1.29, 1.82) is 0 Å². The van der Waals surface area contributed by atoms with Gasteiger partial charge in [0.1, 0.15) is 114 Å². The zero-order chi connectivity index (χ0) is 75.2. The lowest BCUT2D eigenvalue weighted by Crippen LogP contribution is -2.69. The summed E-state index contributed by atoms with van der Waals surface area (Å²) in [6, 6.07) is 0. The molecule has 11 aliphatic heterocycles. The second kappa shape index (κ2) is 31.7. The Morgan fingerprint density at radius 1 is 0.663 bits per heavy atom. The van der Waals surface area contributed by atoms with E-state index in [1.165, 1.54) is 63.6 Å². The van der Waals surface area contributed by atoms with Crippen molar-refractivity contribution in [3.8, 4) is 11.5 Å². The molecular formula is C66H99Cl2NO35. The molecule has 5 N–H and O–H groups in total. The van der Waals surface area contributed by atoms with Crippen LogP contribution in [0.2, 0.25) is 10.0 Å². The van der Waals surface area contributed by atoms with E-state index >= 15 is 0 Å². The van der Waals surface area contributed by atoms with Crippen LogP contribution in [0.1, 0.15) is 97.0 Å². The lowest BCUT2D eigenvalue weighted by atomic mass is 9.85. The number of nitrogens with zero attached hydrogens (tertiary/aromatic N) is 1. The number of esters is 1. The number of nitro groups is 1. The van der Waals surface area contributed by atoms with Crippen LogP contribution in [0.25, 0.3) is 0 Å². The topological polar surface area (TPSA) is 411 Å². The monoisotopic (exact) mass is 1540 g/mol. The van der Waals surface area contributed by atoms with Crippen LogP contribution >= 0.6 is 23.2 Å². The number of halogens is 2. The molecular weight excluding hydrogens is 1440 g/mol. The molecule has 0 aliphatic carbocycles. The SMILES string of the molecule is COC[C@H]1O[C@@H](O[C@@H]2OC[C@@H]3O[C@@]4(OC[C@@](O)([C@H](C)OC)[C@@H]5OCO[C@H]54)O[C@H]3[C@H]2OC)[C@@H](OC)[C@@H](O)[C@@H]1O[C@@H]1O[C@H](C)[C@H](OC)[C@H](O[C@H]2C[C@@]3(C)OC4(C[C@@H](O)[C@H](O[C@H]5C[C@@H](O[C@H]6C[C@@](C)([N+](=O)[O-])[C@@H](OC)[C@H](C)O6)[C@H](OC(=O)c6c(C)c(Cl)c(O)c(Cl)c6OC)[C@@H](C)O5)[C@@H](C)O4)O[C@@H]3[C@@H](C)O2)[C@H]1O. The third-order valence-electron chi connectivity index (χ3n) is 22.0. The van der Waals surface area contributed by atoms with Crippen molar-refractivity contribution in [3.63, 3.8) is 0 Å². The van der Waals surface area contributed by atoms with Gasteiger partial charge in [-0.05, 0) is 61.0 Å². The number of ether oxygens (including phenoxy) is 27. The maximum absolute atomic E-state index is 14.3. The predicted octanol–water partition coefficient (Wildman–Crippen LogP) is 1.77. The molecule has 0 bridgehead atoms. The summed E-state index contributed by atoms with van der Waals surface area (Å²) in [6.07, 6.45) is -33.8. The number of hydrogen-bond donors (Lipinski definition) is 5. The highest BCUT2D eigenvalue weighted by Gasteiger charge is 2.71. The minimum atomic E-state index is -1.86. The molecule has 1 aromatic rings. The molecule has 38 heteroatoms. The van der Waals surface area contributed by atoms with Crippen molar-refractivity contribution in [2.75, 3.05) is 76.4 Å². The number of methoxy groups -OCH3 is 7. The fourth-order valence-corrected chi connectivity index (χ4v) is 17.1. The number of benzene rings is 1. The Morgan fingerprint density at radius 2 is 1.34 bits per heavy atom. The van der Waals surface area contributed by atoms with E-state index < -0.39 is 230 Å². The number of aliphatic hydroxyl groups excluding tert-OH is 3. The van der Waals surface area contributed by atoms with Gasteiger partial charge in [0.2, 0.25) is 0 Å². The molecule has 592 valence electrons. The lowest BCUT2D eigenvalue weighted by Gasteiger charge is -2.49. The summed E-state index contributed by atoms with van der Waals surface area (Å²) in [5, 5.41) is 71.1. The number of fused-ring (bicyclic) bond motifs is 4. The largest absolute Gasteiger partial charge is 0.505 e. The summed E-state index contributed by atoms with van der Waals surface area (Å²) >= 11 is 12.8. The van der Waals surface area contributed by atoms with Crippen LogP contribution < -0.4 is 4.74 Å². The van der Waals surface area contributed by atoms with Crippen molar-refractivity contribution in [1.82, 2.24) is 0 Å². The van der Waals surface area contributed by atoms with Crippen LogP contribution in [-0.2, 0) is 123 Å². The highest BCUT2D eigenvalue weighted by Crippen LogP contribution is 2.53. The molecule has 2 spiro atoms. The maximum Gasteiger partial charge on any atom is 0.342 e. The lowest BCUT2D eigenvalue weighted by molar-refractivity contribution is -0.595. The average Bonchev–Trinajstić information content (AvgIpc) is 1.55. The van der Waals surface area contributed by atoms with Crippen LogP contribution in [0.3, 0.4) is 0 Å². The molecule has 1 unspecified atom stereocenters. The molecule has 0 saturated carbocycles. The number of carbonyl (C=O) groups excluding carboxylic acids is 1. The molecule has 12 rings (SSSR count). The van der Waals surface area contributed by atoms with Gasteiger partial charge in [0.15, 0.2) is 67.6 Å². The van der Waals surface area contributed by atoms with Gasteiger partial charge in [0, 0.05) is 67.3 Å². The Labute approximate surface area is 610 Å². The minimum Gasteiger partial charge on any atom is -0.505 e. The summed E-state index contributed by atoms with van der Waals surface area (Å²) in [5.41, 5.74) is -4.62. The molecule has 35 atom stereocenters. The van der Waals surface area contributed by atoms with Crippen LogP contribution in [-0.4, -0.2) is 326 Å². The smallest absolute Gasteiger partial charge is 0.342 e. The van der Waals surface area contributed by atoms with Crippen LogP contribution in [0, 0.1) is 17.0 Å². The number of phenolic OH excluding ortho intramolecular Hbond substituents is 1. The van der Waals surface area contributed by atoms with E-state index in [-0.39, 0.29) is 79.2 Å². The molecule has 11 saturated heterocycles. The minimum absolute atomic E-state index is 0.0107. The van der Waals surface area contributed by atoms with Crippen LogP contribution in [0.15, 0.2) is 0 Å². The second-order valence-electron chi connectivity index (χ2n) is 28.7. The Bertz CT molecular complexity index is 3140. The van der Waals surface area contributed by atoms with Crippen molar-refractivity contribution in [2.45, 2.75) is 301 Å². The number of phenols is 1. The molecule has 11 aliphatic rings. The van der Waals surface area contributed by atoms with Gasteiger partial charge in [-0.2, -0.15) is 0 Å². The summed E-state index contributed by atoms with van der Waals surface area (Å²) in [6.45, 7) is 13.9. The average molecular weight is 1540 g/mol. The van der Waals surface area contributed by atoms with Gasteiger partial charge >= 0.3 is 11.9 Å². The first kappa shape index (κ1) is 80.6. The summed E-state index contributed by atoms with van der Waals surface area (Å²) < 4.78 is 168. The van der Waals surface area contributed by atoms with E-state index in [1.807, 2.05) is 0 Å². The molecule has 0 amide bonds. The summed E-state index contributed by atoms with van der Waals surface area (Å²) in [5.74, 6) is -5.40. The molecule has 0 aromatic heterocycles. The summed E-state index contributed by atoms with van der Waals surface area (Å²) in [4.78, 5) is 26.5. The van der Waals surface area contributed by atoms with Crippen molar-refractivity contribution >= 4 is 29.2 Å². The predicted molar refractivity (Wildman–Crippen MR) is 344 cm³/mol. The zero-order valence-electron chi connectivity index (χ0n) is 60.7. The molecule has 0 radical (unpaired) electrons. The highest BCUT2D eigenvalue weighted by atomic mass is 35.5. The van der Waals surface area contributed by atoms with Gasteiger partial charge in [-0.3, -0.25) is 10.1 Å². The van der Waals surface area contributed by atoms with E-state index in [9.17, 15) is 40.4 Å². The third-order valence-corrected chi connectivity index (χ3v) is 22.8. The Hall–Kier alpha value is -2.89. The first-order chi connectivity index (χ1) is 49.3. The number of aliphatic hydroxyl groups is 4. The highest BCUT2D eigenvalue weighted by molar-refractivity contribution is 6.39. The zero-order valence-corrected chi connectivity index (χ0v) is 62.2. The Morgan fingerprint density at radius 3 is 2.00 bits per heavy atom. The number of rotatable bonds is 22. The first-order valence-electron chi connectivity index (χ1n) is 34.7. The molecule has 11 fully saturated rings. The first-order valence-corrected chi connectivity index (χ1v) is 35.5. The van der Waals surface area contributed by atoms with Gasteiger partial charge < -0.3 is 153 Å². The van der Waals surface area contributed by atoms with E-state index in [0.717, 1.165) is 0 Å². The number of hydrogen-bond acceptors (Lipinski definition) is 35. The quantitative estimate of drug-likeness (QED) is 0.0627. The Balaban J connectivity index is 0.689. The molecule has 1 aromatic carbocycles. The van der Waals surface area contributed by atoms with Gasteiger partial charge in [-0.15, -0.1) is 0 Å². The van der Waals surface area contributed by atoms with E-state index in [2.05, 4.69) is 0 Å². The fraction of sp³-hybridized carbons (Fsp3) is 0.894.